The van der Waals surface area contributed by atoms with Crippen LogP contribution in [-0.2, 0) is 17.8 Å². The SMILES string of the molecule is CCCNCc1ccc2ccn(CCOC(F)(F)F)c2c1. The second kappa shape index (κ2) is 6.95. The fourth-order valence-electron chi connectivity index (χ4n) is 2.20. The number of benzene rings is 1. The second-order valence-electron chi connectivity index (χ2n) is 4.87. The molecule has 3 nitrogen and oxygen atoms in total. The molecule has 1 heterocycles. The molecule has 0 spiro atoms. The van der Waals surface area contributed by atoms with E-state index in [1.807, 2.05) is 24.3 Å². The van der Waals surface area contributed by atoms with Crippen molar-refractivity contribution in [1.29, 1.82) is 0 Å². The van der Waals surface area contributed by atoms with Crippen molar-refractivity contribution in [3.8, 4) is 0 Å². The van der Waals surface area contributed by atoms with Crippen LogP contribution in [0.2, 0.25) is 0 Å². The van der Waals surface area contributed by atoms with Crippen molar-refractivity contribution in [2.24, 2.45) is 0 Å². The van der Waals surface area contributed by atoms with Crippen LogP contribution in [0, 0.1) is 0 Å². The Morgan fingerprint density at radius 3 is 2.76 bits per heavy atom. The standard InChI is InChI=1S/C15H19F3N2O/c1-2-6-19-11-12-3-4-13-5-7-20(14(13)10-12)8-9-21-15(16,17)18/h3-5,7,10,19H,2,6,8-9,11H2,1H3. The lowest BCUT2D eigenvalue weighted by atomic mass is 10.1. The third kappa shape index (κ3) is 4.75. The highest BCUT2D eigenvalue weighted by atomic mass is 19.4. The van der Waals surface area contributed by atoms with Crippen molar-refractivity contribution in [2.45, 2.75) is 32.8 Å². The van der Waals surface area contributed by atoms with E-state index in [1.165, 1.54) is 0 Å². The Hall–Kier alpha value is -1.53. The minimum atomic E-state index is -4.57. The van der Waals surface area contributed by atoms with Gasteiger partial charge >= 0.3 is 6.36 Å². The second-order valence-corrected chi connectivity index (χ2v) is 4.87. The van der Waals surface area contributed by atoms with Crippen molar-refractivity contribution in [1.82, 2.24) is 9.88 Å². The molecule has 2 rings (SSSR count). The number of aromatic nitrogens is 1. The molecule has 0 radical (unpaired) electrons. The molecule has 1 N–H and O–H groups in total. The van der Waals surface area contributed by atoms with Gasteiger partial charge < -0.3 is 9.88 Å². The van der Waals surface area contributed by atoms with Gasteiger partial charge in [0.1, 0.15) is 0 Å². The number of hydrogen-bond acceptors (Lipinski definition) is 2. The van der Waals surface area contributed by atoms with Gasteiger partial charge in [-0.3, -0.25) is 4.74 Å². The molecule has 2 aromatic rings. The van der Waals surface area contributed by atoms with Gasteiger partial charge in [0.2, 0.25) is 0 Å². The largest absolute Gasteiger partial charge is 0.522 e. The van der Waals surface area contributed by atoms with Gasteiger partial charge in [0.15, 0.2) is 0 Å². The van der Waals surface area contributed by atoms with Crippen LogP contribution in [0.1, 0.15) is 18.9 Å². The van der Waals surface area contributed by atoms with E-state index >= 15 is 0 Å². The Morgan fingerprint density at radius 1 is 1.24 bits per heavy atom. The number of nitrogens with zero attached hydrogens (tertiary/aromatic N) is 1. The lowest BCUT2D eigenvalue weighted by Gasteiger charge is -2.10. The number of halogens is 3. The van der Waals surface area contributed by atoms with E-state index in [0.717, 1.165) is 36.0 Å². The first-order valence-corrected chi connectivity index (χ1v) is 6.99. The lowest BCUT2D eigenvalue weighted by Crippen LogP contribution is -2.17. The molecule has 0 fully saturated rings. The van der Waals surface area contributed by atoms with E-state index in [9.17, 15) is 13.2 Å². The number of ether oxygens (including phenoxy) is 1. The Balaban J connectivity index is 2.04. The van der Waals surface area contributed by atoms with E-state index in [1.54, 1.807) is 10.8 Å². The first-order valence-electron chi connectivity index (χ1n) is 6.99. The van der Waals surface area contributed by atoms with Crippen LogP contribution in [0.15, 0.2) is 30.5 Å². The van der Waals surface area contributed by atoms with Gasteiger partial charge in [-0.1, -0.05) is 19.1 Å². The van der Waals surface area contributed by atoms with Gasteiger partial charge in [-0.15, -0.1) is 13.2 Å². The third-order valence-corrected chi connectivity index (χ3v) is 3.19. The molecule has 0 aliphatic heterocycles. The third-order valence-electron chi connectivity index (χ3n) is 3.19. The normalized spacial score (nSPS) is 12.2. The Bertz CT molecular complexity index is 578. The van der Waals surface area contributed by atoms with E-state index < -0.39 is 6.36 Å². The fraction of sp³-hybridized carbons (Fsp3) is 0.467. The minimum Gasteiger partial charge on any atom is -0.345 e. The first kappa shape index (κ1) is 15.9. The highest BCUT2D eigenvalue weighted by Gasteiger charge is 2.28. The number of alkyl halides is 3. The lowest BCUT2D eigenvalue weighted by molar-refractivity contribution is -0.325. The zero-order valence-corrected chi connectivity index (χ0v) is 11.9. The molecule has 0 saturated heterocycles. The summed E-state index contributed by atoms with van der Waals surface area (Å²) in [5.41, 5.74) is 2.05. The minimum absolute atomic E-state index is 0.175. The van der Waals surface area contributed by atoms with Gasteiger partial charge in [-0.25, -0.2) is 0 Å². The van der Waals surface area contributed by atoms with Crippen molar-refractivity contribution >= 4 is 10.9 Å². The molecule has 0 aliphatic rings. The smallest absolute Gasteiger partial charge is 0.345 e. The topological polar surface area (TPSA) is 26.2 Å². The predicted molar refractivity (Wildman–Crippen MR) is 75.9 cm³/mol. The van der Waals surface area contributed by atoms with Crippen LogP contribution in [0.5, 0.6) is 0 Å². The van der Waals surface area contributed by atoms with E-state index in [-0.39, 0.29) is 13.2 Å². The number of hydrogen-bond donors (Lipinski definition) is 1. The van der Waals surface area contributed by atoms with E-state index in [2.05, 4.69) is 17.0 Å². The Morgan fingerprint density at radius 2 is 2.05 bits per heavy atom. The zero-order valence-electron chi connectivity index (χ0n) is 11.9. The molecule has 6 heteroatoms. The number of nitrogens with one attached hydrogen (secondary N) is 1. The van der Waals surface area contributed by atoms with Crippen molar-refractivity contribution in [3.05, 3.63) is 36.0 Å². The van der Waals surface area contributed by atoms with Gasteiger partial charge in [0, 0.05) is 24.8 Å². The van der Waals surface area contributed by atoms with Gasteiger partial charge in [-0.05, 0) is 36.0 Å². The summed E-state index contributed by atoms with van der Waals surface area (Å²) in [5.74, 6) is 0. The van der Waals surface area contributed by atoms with Crippen molar-refractivity contribution in [3.63, 3.8) is 0 Å². The summed E-state index contributed by atoms with van der Waals surface area (Å²) in [5, 5.41) is 4.32. The number of rotatable bonds is 7. The summed E-state index contributed by atoms with van der Waals surface area (Å²) in [6.07, 6.45) is -1.72. The van der Waals surface area contributed by atoms with Crippen LogP contribution < -0.4 is 5.32 Å². The summed E-state index contributed by atoms with van der Waals surface area (Å²) in [6, 6.07) is 7.92. The number of fused-ring (bicyclic) bond motifs is 1. The average Bonchev–Trinajstić information content (AvgIpc) is 2.81. The first-order chi connectivity index (χ1) is 9.99. The molecule has 0 atom stereocenters. The molecule has 1 aromatic heterocycles. The van der Waals surface area contributed by atoms with Crippen LogP contribution in [0.4, 0.5) is 13.2 Å². The Kier molecular flexibility index (Phi) is 5.25. The summed E-state index contributed by atoms with van der Waals surface area (Å²) >= 11 is 0. The molecule has 116 valence electrons. The van der Waals surface area contributed by atoms with Crippen LogP contribution >= 0.6 is 0 Å². The molecule has 21 heavy (non-hydrogen) atoms. The molecular weight excluding hydrogens is 281 g/mol. The highest BCUT2D eigenvalue weighted by Crippen LogP contribution is 2.19. The van der Waals surface area contributed by atoms with Gasteiger partial charge in [0.05, 0.1) is 6.61 Å². The van der Waals surface area contributed by atoms with E-state index in [4.69, 9.17) is 0 Å². The van der Waals surface area contributed by atoms with Crippen molar-refractivity contribution < 1.29 is 17.9 Å². The maximum Gasteiger partial charge on any atom is 0.522 e. The molecule has 1 aromatic carbocycles. The van der Waals surface area contributed by atoms with Crippen LogP contribution in [0.3, 0.4) is 0 Å². The predicted octanol–water partition coefficient (Wildman–Crippen LogP) is 3.68. The van der Waals surface area contributed by atoms with Gasteiger partial charge in [-0.2, -0.15) is 0 Å². The molecule has 0 unspecified atom stereocenters. The molecular formula is C15H19F3N2O. The summed E-state index contributed by atoms with van der Waals surface area (Å²) in [4.78, 5) is 0. The zero-order chi connectivity index (χ0) is 15.3. The maximum atomic E-state index is 12.0. The van der Waals surface area contributed by atoms with Crippen LogP contribution in [-0.4, -0.2) is 24.1 Å². The summed E-state index contributed by atoms with van der Waals surface area (Å²) in [6.45, 7) is 3.59. The van der Waals surface area contributed by atoms with E-state index in [0.29, 0.717) is 0 Å². The van der Waals surface area contributed by atoms with Gasteiger partial charge in [0.25, 0.3) is 0 Å². The maximum absolute atomic E-state index is 12.0. The molecule has 0 aliphatic carbocycles. The quantitative estimate of drug-likeness (QED) is 0.790. The average molecular weight is 300 g/mol. The van der Waals surface area contributed by atoms with Crippen LogP contribution in [0.25, 0.3) is 10.9 Å². The van der Waals surface area contributed by atoms with Crippen molar-refractivity contribution in [2.75, 3.05) is 13.2 Å². The summed E-state index contributed by atoms with van der Waals surface area (Å²) < 4.78 is 41.6. The fourth-order valence-corrected chi connectivity index (χ4v) is 2.20. The molecule has 0 saturated carbocycles. The molecule has 0 bridgehead atoms. The highest BCUT2D eigenvalue weighted by molar-refractivity contribution is 5.80. The Labute approximate surface area is 121 Å². The molecule has 0 amide bonds. The monoisotopic (exact) mass is 300 g/mol. The summed E-state index contributed by atoms with van der Waals surface area (Å²) in [7, 11) is 0.